The minimum Gasteiger partial charge on any atom is -0.298 e. The molecule has 0 saturated carbocycles. The molecular weight excluding hydrogens is 197 g/mol. The van der Waals surface area contributed by atoms with Crippen LogP contribution in [-0.2, 0) is 0 Å². The number of aldehydes is 1. The summed E-state index contributed by atoms with van der Waals surface area (Å²) in [5, 5.41) is 3.25. The summed E-state index contributed by atoms with van der Waals surface area (Å²) in [5.74, 6) is -0.475. The molecule has 0 spiro atoms. The van der Waals surface area contributed by atoms with Gasteiger partial charge in [-0.3, -0.25) is 4.79 Å². The Balaban J connectivity index is 2.96. The van der Waals surface area contributed by atoms with E-state index >= 15 is 0 Å². The Hall–Kier alpha value is -2.13. The van der Waals surface area contributed by atoms with Crippen molar-refractivity contribution in [2.45, 2.75) is 0 Å². The zero-order valence-electron chi connectivity index (χ0n) is 7.80. The summed E-state index contributed by atoms with van der Waals surface area (Å²) in [5.41, 5.74) is 8.49. The van der Waals surface area contributed by atoms with Crippen molar-refractivity contribution in [3.63, 3.8) is 0 Å². The molecule has 0 aliphatic heterocycles. The van der Waals surface area contributed by atoms with Gasteiger partial charge >= 0.3 is 0 Å². The molecule has 1 aromatic carbocycles. The minimum absolute atomic E-state index is 0.128. The second kappa shape index (κ2) is 5.57. The summed E-state index contributed by atoms with van der Waals surface area (Å²) in [4.78, 5) is 13.1. The second-order valence-electron chi connectivity index (χ2n) is 2.68. The van der Waals surface area contributed by atoms with Crippen molar-refractivity contribution < 1.29 is 9.18 Å². The van der Waals surface area contributed by atoms with Crippen LogP contribution in [0.4, 0.5) is 4.39 Å². The standard InChI is InChI=1S/C10H8FN3O/c11-10-5-1-3-8(7-15)9(10)4-2-6-13-14-12/h1-5,7H,6H2. The molecule has 5 heteroatoms. The van der Waals surface area contributed by atoms with Crippen molar-refractivity contribution in [1.29, 1.82) is 0 Å². The van der Waals surface area contributed by atoms with Gasteiger partial charge in [-0.1, -0.05) is 29.4 Å². The Bertz CT molecular complexity index is 436. The smallest absolute Gasteiger partial charge is 0.150 e. The van der Waals surface area contributed by atoms with Gasteiger partial charge < -0.3 is 0 Å². The summed E-state index contributed by atoms with van der Waals surface area (Å²) in [6.45, 7) is 0.128. The summed E-state index contributed by atoms with van der Waals surface area (Å²) in [6.07, 6.45) is 3.50. The van der Waals surface area contributed by atoms with Gasteiger partial charge in [0.05, 0.1) is 0 Å². The maximum atomic E-state index is 13.2. The van der Waals surface area contributed by atoms with E-state index in [9.17, 15) is 9.18 Å². The van der Waals surface area contributed by atoms with Crippen molar-refractivity contribution in [2.24, 2.45) is 5.11 Å². The number of halogens is 1. The fourth-order valence-electron chi connectivity index (χ4n) is 1.09. The van der Waals surface area contributed by atoms with Crippen LogP contribution in [0.15, 0.2) is 29.4 Å². The van der Waals surface area contributed by atoms with Crippen LogP contribution >= 0.6 is 0 Å². The summed E-state index contributed by atoms with van der Waals surface area (Å²) in [7, 11) is 0. The molecule has 0 saturated heterocycles. The highest BCUT2D eigenvalue weighted by molar-refractivity contribution is 5.81. The Morgan fingerprint density at radius 3 is 3.00 bits per heavy atom. The number of nitrogens with zero attached hydrogens (tertiary/aromatic N) is 3. The molecule has 0 heterocycles. The van der Waals surface area contributed by atoms with Gasteiger partial charge in [0.2, 0.25) is 0 Å². The van der Waals surface area contributed by atoms with Crippen molar-refractivity contribution in [3.05, 3.63) is 51.7 Å². The molecule has 4 nitrogen and oxygen atoms in total. The van der Waals surface area contributed by atoms with Gasteiger partial charge in [-0.25, -0.2) is 4.39 Å². The molecule has 0 amide bonds. The first kappa shape index (κ1) is 10.9. The molecule has 0 bridgehead atoms. The van der Waals surface area contributed by atoms with E-state index in [0.29, 0.717) is 6.29 Å². The molecule has 0 radical (unpaired) electrons. The Morgan fingerprint density at radius 1 is 1.53 bits per heavy atom. The van der Waals surface area contributed by atoms with Gasteiger partial charge in [0.25, 0.3) is 0 Å². The number of hydrogen-bond acceptors (Lipinski definition) is 2. The molecule has 0 aromatic heterocycles. The molecule has 1 aromatic rings. The van der Waals surface area contributed by atoms with E-state index in [1.54, 1.807) is 0 Å². The number of benzene rings is 1. The van der Waals surface area contributed by atoms with Gasteiger partial charge in [-0.15, -0.1) is 0 Å². The van der Waals surface area contributed by atoms with E-state index < -0.39 is 5.82 Å². The molecule has 0 fully saturated rings. The highest BCUT2D eigenvalue weighted by Gasteiger charge is 2.03. The number of rotatable bonds is 4. The minimum atomic E-state index is -0.475. The molecular formula is C10H8FN3O. The first-order valence-corrected chi connectivity index (χ1v) is 4.20. The van der Waals surface area contributed by atoms with E-state index in [2.05, 4.69) is 10.0 Å². The first-order chi connectivity index (χ1) is 7.29. The van der Waals surface area contributed by atoms with Crippen LogP contribution in [0.2, 0.25) is 0 Å². The molecule has 0 N–H and O–H groups in total. The number of hydrogen-bond donors (Lipinski definition) is 0. The third-order valence-electron chi connectivity index (χ3n) is 1.75. The lowest BCUT2D eigenvalue weighted by Crippen LogP contribution is -1.90. The van der Waals surface area contributed by atoms with Crippen molar-refractivity contribution in [1.82, 2.24) is 0 Å². The van der Waals surface area contributed by atoms with Crippen molar-refractivity contribution in [3.8, 4) is 0 Å². The number of carbonyl (C=O) groups is 1. The van der Waals surface area contributed by atoms with Crippen LogP contribution in [0.5, 0.6) is 0 Å². The van der Waals surface area contributed by atoms with Gasteiger partial charge in [0.1, 0.15) is 5.82 Å². The average Bonchev–Trinajstić information content (AvgIpc) is 2.26. The van der Waals surface area contributed by atoms with Crippen LogP contribution in [0.3, 0.4) is 0 Å². The molecule has 76 valence electrons. The molecule has 1 rings (SSSR count). The topological polar surface area (TPSA) is 65.8 Å². The van der Waals surface area contributed by atoms with Crippen LogP contribution in [0.25, 0.3) is 16.5 Å². The summed E-state index contributed by atoms with van der Waals surface area (Å²) in [6, 6.07) is 4.24. The third-order valence-corrected chi connectivity index (χ3v) is 1.75. The van der Waals surface area contributed by atoms with E-state index in [4.69, 9.17) is 5.53 Å². The SMILES string of the molecule is [N-]=[N+]=NCC=Cc1c(F)cccc1C=O. The van der Waals surface area contributed by atoms with E-state index in [1.165, 1.54) is 30.4 Å². The van der Waals surface area contributed by atoms with Gasteiger partial charge in [0, 0.05) is 22.6 Å². The zero-order chi connectivity index (χ0) is 11.1. The van der Waals surface area contributed by atoms with Crippen molar-refractivity contribution >= 4 is 12.4 Å². The zero-order valence-corrected chi connectivity index (χ0v) is 7.80. The van der Waals surface area contributed by atoms with E-state index in [1.807, 2.05) is 0 Å². The third kappa shape index (κ3) is 2.93. The Labute approximate surface area is 85.7 Å². The summed E-state index contributed by atoms with van der Waals surface area (Å²) >= 11 is 0. The van der Waals surface area contributed by atoms with Gasteiger partial charge in [0.15, 0.2) is 6.29 Å². The monoisotopic (exact) mass is 205 g/mol. The molecule has 0 aliphatic carbocycles. The highest BCUT2D eigenvalue weighted by Crippen LogP contribution is 2.13. The van der Waals surface area contributed by atoms with Crippen molar-refractivity contribution in [2.75, 3.05) is 6.54 Å². The van der Waals surface area contributed by atoms with E-state index in [-0.39, 0.29) is 17.7 Å². The quantitative estimate of drug-likeness (QED) is 0.322. The first-order valence-electron chi connectivity index (χ1n) is 4.20. The lowest BCUT2D eigenvalue weighted by Gasteiger charge is -1.99. The average molecular weight is 205 g/mol. The van der Waals surface area contributed by atoms with E-state index in [0.717, 1.165) is 0 Å². The normalized spacial score (nSPS) is 9.93. The Kier molecular flexibility index (Phi) is 4.06. The van der Waals surface area contributed by atoms with Crippen LogP contribution < -0.4 is 0 Å². The molecule has 0 atom stereocenters. The van der Waals surface area contributed by atoms with Gasteiger partial charge in [-0.2, -0.15) is 0 Å². The lowest BCUT2D eigenvalue weighted by atomic mass is 10.1. The van der Waals surface area contributed by atoms with Crippen LogP contribution in [0, 0.1) is 5.82 Å². The maximum absolute atomic E-state index is 13.2. The highest BCUT2D eigenvalue weighted by atomic mass is 19.1. The lowest BCUT2D eigenvalue weighted by molar-refractivity contribution is 0.112. The predicted molar refractivity (Wildman–Crippen MR) is 54.8 cm³/mol. The van der Waals surface area contributed by atoms with Gasteiger partial charge in [-0.05, 0) is 11.6 Å². The maximum Gasteiger partial charge on any atom is 0.150 e. The number of azide groups is 1. The largest absolute Gasteiger partial charge is 0.298 e. The summed E-state index contributed by atoms with van der Waals surface area (Å²) < 4.78 is 13.2. The second-order valence-corrected chi connectivity index (χ2v) is 2.68. The Morgan fingerprint density at radius 2 is 2.33 bits per heavy atom. The van der Waals surface area contributed by atoms with Crippen LogP contribution in [0.1, 0.15) is 15.9 Å². The fraction of sp³-hybridized carbons (Fsp3) is 0.100. The molecule has 0 aliphatic rings. The van der Waals surface area contributed by atoms with Crippen LogP contribution in [-0.4, -0.2) is 12.8 Å². The number of carbonyl (C=O) groups excluding carboxylic acids is 1. The fourth-order valence-corrected chi connectivity index (χ4v) is 1.09. The molecule has 15 heavy (non-hydrogen) atoms. The molecule has 0 unspecified atom stereocenters. The predicted octanol–water partition coefficient (Wildman–Crippen LogP) is 2.96.